The highest BCUT2D eigenvalue weighted by atomic mass is 15.4. The number of aromatic nitrogens is 5. The maximum Gasteiger partial charge on any atom is 0.177 e. The van der Waals surface area contributed by atoms with Crippen molar-refractivity contribution in [2.24, 2.45) is 0 Å². The number of nitrogens with one attached hydrogen (secondary N) is 1. The molecule has 6 nitrogen and oxygen atoms in total. The topological polar surface area (TPSA) is 68.5 Å². The molecule has 0 amide bonds. The quantitative estimate of drug-likeness (QED) is 0.807. The second kappa shape index (κ2) is 4.36. The zero-order valence-corrected chi connectivity index (χ0v) is 9.60. The van der Waals surface area contributed by atoms with Crippen molar-refractivity contribution < 1.29 is 0 Å². The smallest absolute Gasteiger partial charge is 0.177 e. The fraction of sp³-hybridized carbons (Fsp3) is 0.400. The van der Waals surface area contributed by atoms with Crippen LogP contribution in [-0.2, 0) is 6.54 Å². The van der Waals surface area contributed by atoms with Gasteiger partial charge in [0.05, 0.1) is 5.69 Å². The standard InChI is InChI=1S/C10H14N6/c1-7-12-8(2)16(15-7)10-5-4-9(6-11-3)13-14-10/h4-5,11H,6H2,1-3H3. The lowest BCUT2D eigenvalue weighted by molar-refractivity contribution is 0.734. The number of aryl methyl sites for hydroxylation is 2. The van der Waals surface area contributed by atoms with Crippen molar-refractivity contribution in [2.45, 2.75) is 20.4 Å². The Labute approximate surface area is 93.7 Å². The Morgan fingerprint density at radius 1 is 1.25 bits per heavy atom. The summed E-state index contributed by atoms with van der Waals surface area (Å²) in [6.07, 6.45) is 0. The Kier molecular flexibility index (Phi) is 2.91. The summed E-state index contributed by atoms with van der Waals surface area (Å²) < 4.78 is 1.69. The number of hydrogen-bond acceptors (Lipinski definition) is 5. The Hall–Kier alpha value is -1.82. The highest BCUT2D eigenvalue weighted by Crippen LogP contribution is 2.05. The normalized spacial score (nSPS) is 10.7. The van der Waals surface area contributed by atoms with Crippen molar-refractivity contribution in [2.75, 3.05) is 7.05 Å². The van der Waals surface area contributed by atoms with Gasteiger partial charge in [0.15, 0.2) is 5.82 Å². The maximum atomic E-state index is 4.24. The predicted octanol–water partition coefficient (Wildman–Crippen LogP) is 0.394. The van der Waals surface area contributed by atoms with E-state index in [-0.39, 0.29) is 0 Å². The number of rotatable bonds is 3. The number of nitrogens with zero attached hydrogens (tertiary/aromatic N) is 5. The first-order valence-electron chi connectivity index (χ1n) is 5.08. The summed E-state index contributed by atoms with van der Waals surface area (Å²) in [4.78, 5) is 4.22. The zero-order valence-electron chi connectivity index (χ0n) is 9.60. The molecule has 0 aliphatic rings. The van der Waals surface area contributed by atoms with Crippen LogP contribution in [0.1, 0.15) is 17.3 Å². The average Bonchev–Trinajstić information content (AvgIpc) is 2.59. The van der Waals surface area contributed by atoms with E-state index in [1.54, 1.807) is 4.68 Å². The van der Waals surface area contributed by atoms with Crippen molar-refractivity contribution in [1.82, 2.24) is 30.3 Å². The van der Waals surface area contributed by atoms with E-state index in [1.165, 1.54) is 0 Å². The summed E-state index contributed by atoms with van der Waals surface area (Å²) in [6.45, 7) is 4.46. The van der Waals surface area contributed by atoms with E-state index in [0.29, 0.717) is 12.4 Å². The molecule has 2 rings (SSSR count). The van der Waals surface area contributed by atoms with Crippen LogP contribution < -0.4 is 5.32 Å². The molecule has 0 aliphatic heterocycles. The molecular formula is C10H14N6. The SMILES string of the molecule is CNCc1ccc(-n2nc(C)nc2C)nn1. The minimum absolute atomic E-state index is 0.693. The van der Waals surface area contributed by atoms with E-state index in [9.17, 15) is 0 Å². The molecule has 0 radical (unpaired) electrons. The first kappa shape index (κ1) is 10.7. The van der Waals surface area contributed by atoms with E-state index < -0.39 is 0 Å². The highest BCUT2D eigenvalue weighted by Gasteiger charge is 2.06. The lowest BCUT2D eigenvalue weighted by atomic mass is 10.4. The third-order valence-corrected chi connectivity index (χ3v) is 2.16. The van der Waals surface area contributed by atoms with E-state index in [2.05, 4.69) is 25.6 Å². The van der Waals surface area contributed by atoms with Gasteiger partial charge in [-0.15, -0.1) is 10.2 Å². The van der Waals surface area contributed by atoms with E-state index >= 15 is 0 Å². The first-order chi connectivity index (χ1) is 7.70. The second-order valence-electron chi connectivity index (χ2n) is 3.53. The van der Waals surface area contributed by atoms with Gasteiger partial charge in [0.25, 0.3) is 0 Å². The third kappa shape index (κ3) is 2.06. The zero-order chi connectivity index (χ0) is 11.5. The van der Waals surface area contributed by atoms with Crippen LogP contribution in [0.2, 0.25) is 0 Å². The predicted molar refractivity (Wildman–Crippen MR) is 59.2 cm³/mol. The fourth-order valence-electron chi connectivity index (χ4n) is 1.48. The molecule has 6 heteroatoms. The Bertz CT molecular complexity index is 473. The van der Waals surface area contributed by atoms with Crippen molar-refractivity contribution in [3.63, 3.8) is 0 Å². The van der Waals surface area contributed by atoms with Gasteiger partial charge in [-0.1, -0.05) is 0 Å². The lowest BCUT2D eigenvalue weighted by Crippen LogP contribution is -2.09. The molecule has 0 bridgehead atoms. The van der Waals surface area contributed by atoms with Crippen LogP contribution in [0.4, 0.5) is 0 Å². The van der Waals surface area contributed by atoms with Crippen LogP contribution in [0.5, 0.6) is 0 Å². The van der Waals surface area contributed by atoms with Gasteiger partial charge in [0.2, 0.25) is 0 Å². The summed E-state index contributed by atoms with van der Waals surface area (Å²) in [5.41, 5.74) is 0.903. The summed E-state index contributed by atoms with van der Waals surface area (Å²) in [6, 6.07) is 3.82. The molecule has 0 atom stereocenters. The molecule has 16 heavy (non-hydrogen) atoms. The van der Waals surface area contributed by atoms with Crippen LogP contribution in [0.3, 0.4) is 0 Å². The van der Waals surface area contributed by atoms with Gasteiger partial charge < -0.3 is 5.32 Å². The Balaban J connectivity index is 2.31. The molecular weight excluding hydrogens is 204 g/mol. The van der Waals surface area contributed by atoms with E-state index in [1.807, 2.05) is 33.0 Å². The summed E-state index contributed by atoms with van der Waals surface area (Å²) >= 11 is 0. The average molecular weight is 218 g/mol. The molecule has 84 valence electrons. The monoisotopic (exact) mass is 218 g/mol. The fourth-order valence-corrected chi connectivity index (χ4v) is 1.48. The van der Waals surface area contributed by atoms with Gasteiger partial charge in [0, 0.05) is 6.54 Å². The van der Waals surface area contributed by atoms with Crippen molar-refractivity contribution >= 4 is 0 Å². The molecule has 2 aromatic rings. The minimum Gasteiger partial charge on any atom is -0.314 e. The molecule has 1 N–H and O–H groups in total. The van der Waals surface area contributed by atoms with Crippen molar-refractivity contribution in [3.05, 3.63) is 29.5 Å². The van der Waals surface area contributed by atoms with Crippen LogP contribution in [0.25, 0.3) is 5.82 Å². The van der Waals surface area contributed by atoms with Gasteiger partial charge in [-0.05, 0) is 33.0 Å². The Morgan fingerprint density at radius 2 is 2.06 bits per heavy atom. The summed E-state index contributed by atoms with van der Waals surface area (Å²) in [5.74, 6) is 2.24. The van der Waals surface area contributed by atoms with Gasteiger partial charge in [-0.2, -0.15) is 9.78 Å². The first-order valence-corrected chi connectivity index (χ1v) is 5.08. The minimum atomic E-state index is 0.693. The van der Waals surface area contributed by atoms with E-state index in [4.69, 9.17) is 0 Å². The lowest BCUT2D eigenvalue weighted by Gasteiger charge is -2.02. The number of hydrogen-bond donors (Lipinski definition) is 1. The van der Waals surface area contributed by atoms with Crippen LogP contribution in [-0.4, -0.2) is 32.0 Å². The summed E-state index contributed by atoms with van der Waals surface area (Å²) in [7, 11) is 1.88. The molecule has 0 saturated heterocycles. The van der Waals surface area contributed by atoms with Crippen LogP contribution >= 0.6 is 0 Å². The largest absolute Gasteiger partial charge is 0.314 e. The van der Waals surface area contributed by atoms with Gasteiger partial charge >= 0.3 is 0 Å². The molecule has 0 spiro atoms. The second-order valence-corrected chi connectivity index (χ2v) is 3.53. The molecule has 0 fully saturated rings. The molecule has 0 aromatic carbocycles. The third-order valence-electron chi connectivity index (χ3n) is 2.16. The Morgan fingerprint density at radius 3 is 2.56 bits per heavy atom. The molecule has 0 saturated carbocycles. The molecule has 2 heterocycles. The molecule has 2 aromatic heterocycles. The summed E-state index contributed by atoms with van der Waals surface area (Å²) in [5, 5.41) is 15.5. The van der Waals surface area contributed by atoms with Gasteiger partial charge in [-0.3, -0.25) is 0 Å². The van der Waals surface area contributed by atoms with Crippen molar-refractivity contribution in [1.29, 1.82) is 0 Å². The van der Waals surface area contributed by atoms with Crippen LogP contribution in [0, 0.1) is 13.8 Å². The highest BCUT2D eigenvalue weighted by molar-refractivity contribution is 5.21. The molecule has 0 aliphatic carbocycles. The van der Waals surface area contributed by atoms with Gasteiger partial charge in [0.1, 0.15) is 11.6 Å². The molecule has 0 unspecified atom stereocenters. The van der Waals surface area contributed by atoms with Crippen LogP contribution in [0.15, 0.2) is 12.1 Å². The van der Waals surface area contributed by atoms with E-state index in [0.717, 1.165) is 17.3 Å². The maximum absolute atomic E-state index is 4.24. The van der Waals surface area contributed by atoms with Crippen molar-refractivity contribution in [3.8, 4) is 5.82 Å². The van der Waals surface area contributed by atoms with Gasteiger partial charge in [-0.25, -0.2) is 4.98 Å².